The van der Waals surface area contributed by atoms with E-state index < -0.39 is 5.97 Å². The van der Waals surface area contributed by atoms with Crippen LogP contribution in [-0.2, 0) is 4.79 Å². The highest BCUT2D eigenvalue weighted by atomic mass is 79.9. The molecule has 16 heavy (non-hydrogen) atoms. The van der Waals surface area contributed by atoms with Gasteiger partial charge in [0.15, 0.2) is 0 Å². The van der Waals surface area contributed by atoms with E-state index in [4.69, 9.17) is 5.11 Å². The molecule has 0 saturated carbocycles. The summed E-state index contributed by atoms with van der Waals surface area (Å²) in [4.78, 5) is 13.8. The van der Waals surface area contributed by atoms with Crippen LogP contribution in [0, 0.1) is 0 Å². The molecule has 2 aromatic rings. The number of carboxylic acid groups (broad SMARTS) is 1. The van der Waals surface area contributed by atoms with E-state index >= 15 is 0 Å². The smallest absolute Gasteiger partial charge is 0.341 e. The van der Waals surface area contributed by atoms with Crippen LogP contribution < -0.4 is 0 Å². The first-order valence-corrected chi connectivity index (χ1v) is 5.73. The van der Waals surface area contributed by atoms with Gasteiger partial charge < -0.3 is 10.1 Å². The summed E-state index contributed by atoms with van der Waals surface area (Å²) in [6.07, 6.45) is 3.28. The second kappa shape index (κ2) is 4.35. The third kappa shape index (κ3) is 2.01. The van der Waals surface area contributed by atoms with Crippen molar-refractivity contribution < 1.29 is 9.90 Å². The predicted molar refractivity (Wildman–Crippen MR) is 70.6 cm³/mol. The third-order valence-corrected chi connectivity index (χ3v) is 3.19. The third-order valence-electron chi connectivity index (χ3n) is 2.21. The number of aromatic amines is 1. The van der Waals surface area contributed by atoms with Gasteiger partial charge in [0.2, 0.25) is 0 Å². The van der Waals surface area contributed by atoms with Crippen LogP contribution in [-0.4, -0.2) is 16.1 Å². The largest absolute Gasteiger partial charge is 0.477 e. The molecule has 0 atom stereocenters. The maximum absolute atomic E-state index is 10.7. The lowest BCUT2D eigenvalue weighted by Crippen LogP contribution is -1.92. The number of rotatable bonds is 2. The van der Waals surface area contributed by atoms with Gasteiger partial charge in [0.25, 0.3) is 0 Å². The maximum Gasteiger partial charge on any atom is 0.341 e. The molecule has 0 fully saturated rings. The number of fused-ring (bicyclic) bond motifs is 1. The highest BCUT2D eigenvalue weighted by Crippen LogP contribution is 2.27. The van der Waals surface area contributed by atoms with Crippen molar-refractivity contribution in [1.29, 1.82) is 0 Å². The van der Waals surface area contributed by atoms with Gasteiger partial charge in [0.1, 0.15) is 0 Å². The van der Waals surface area contributed by atoms with Crippen LogP contribution in [0.4, 0.5) is 0 Å². The molecule has 2 N–H and O–H groups in total. The van der Waals surface area contributed by atoms with Crippen LogP contribution >= 0.6 is 28.6 Å². The number of para-hydroxylation sites is 1. The van der Waals surface area contributed by atoms with Gasteiger partial charge in [-0.25, -0.2) is 4.79 Å². The van der Waals surface area contributed by atoms with Crippen molar-refractivity contribution in [2.75, 3.05) is 0 Å². The van der Waals surface area contributed by atoms with E-state index in [-0.39, 0.29) is 4.91 Å². The lowest BCUT2D eigenvalue weighted by molar-refractivity contribution is -0.131. The van der Waals surface area contributed by atoms with Crippen molar-refractivity contribution in [2.45, 2.75) is 0 Å². The second-order valence-corrected chi connectivity index (χ2v) is 4.58. The van der Waals surface area contributed by atoms with Gasteiger partial charge in [-0.3, -0.25) is 0 Å². The van der Waals surface area contributed by atoms with Crippen molar-refractivity contribution in [3.8, 4) is 0 Å². The SMILES string of the molecule is O=C(O)/C(S)=C/c1c[nH]c2c(Br)cccc12. The highest BCUT2D eigenvalue weighted by molar-refractivity contribution is 9.10. The lowest BCUT2D eigenvalue weighted by atomic mass is 10.1. The van der Waals surface area contributed by atoms with Crippen molar-refractivity contribution in [3.63, 3.8) is 0 Å². The molecule has 5 heteroatoms. The van der Waals surface area contributed by atoms with E-state index in [0.717, 1.165) is 20.9 Å². The van der Waals surface area contributed by atoms with Crippen LogP contribution in [0.1, 0.15) is 5.56 Å². The summed E-state index contributed by atoms with van der Waals surface area (Å²) in [5, 5.41) is 9.70. The number of hydrogen-bond donors (Lipinski definition) is 3. The van der Waals surface area contributed by atoms with E-state index in [1.54, 1.807) is 6.20 Å². The first-order valence-electron chi connectivity index (χ1n) is 4.49. The number of benzene rings is 1. The molecule has 0 unspecified atom stereocenters. The summed E-state index contributed by atoms with van der Waals surface area (Å²) in [5.41, 5.74) is 1.75. The fraction of sp³-hybridized carbons (Fsp3) is 0. The molecule has 82 valence electrons. The van der Waals surface area contributed by atoms with Gasteiger partial charge in [-0.2, -0.15) is 0 Å². The van der Waals surface area contributed by atoms with E-state index in [1.807, 2.05) is 18.2 Å². The number of aromatic nitrogens is 1. The topological polar surface area (TPSA) is 53.1 Å². The van der Waals surface area contributed by atoms with Crippen LogP contribution in [0.2, 0.25) is 0 Å². The molecule has 0 aliphatic carbocycles. The molecule has 0 bridgehead atoms. The molecule has 0 saturated heterocycles. The lowest BCUT2D eigenvalue weighted by Gasteiger charge is -1.95. The van der Waals surface area contributed by atoms with Crippen LogP contribution in [0.25, 0.3) is 17.0 Å². The molecule has 3 nitrogen and oxygen atoms in total. The van der Waals surface area contributed by atoms with E-state index in [1.165, 1.54) is 6.08 Å². The summed E-state index contributed by atoms with van der Waals surface area (Å²) >= 11 is 7.32. The number of carbonyl (C=O) groups is 1. The monoisotopic (exact) mass is 297 g/mol. The summed E-state index contributed by atoms with van der Waals surface area (Å²) in [6, 6.07) is 5.74. The number of thiol groups is 1. The average molecular weight is 298 g/mol. The number of carboxylic acids is 1. The molecular formula is C11H8BrNO2S. The number of nitrogens with one attached hydrogen (secondary N) is 1. The fourth-order valence-corrected chi connectivity index (χ4v) is 2.09. The Morgan fingerprint density at radius 2 is 2.25 bits per heavy atom. The Kier molecular flexibility index (Phi) is 3.07. The maximum atomic E-state index is 10.7. The zero-order chi connectivity index (χ0) is 11.7. The first-order chi connectivity index (χ1) is 7.59. The van der Waals surface area contributed by atoms with Crippen LogP contribution in [0.3, 0.4) is 0 Å². The molecule has 0 aliphatic heterocycles. The Labute approximate surface area is 106 Å². The molecule has 0 aliphatic rings. The molecule has 0 amide bonds. The van der Waals surface area contributed by atoms with Crippen molar-refractivity contribution in [3.05, 3.63) is 39.3 Å². The average Bonchev–Trinajstić information content (AvgIpc) is 2.63. The van der Waals surface area contributed by atoms with E-state index in [0.29, 0.717) is 0 Å². The van der Waals surface area contributed by atoms with Crippen molar-refractivity contribution in [2.24, 2.45) is 0 Å². The van der Waals surface area contributed by atoms with E-state index in [9.17, 15) is 4.79 Å². The second-order valence-electron chi connectivity index (χ2n) is 3.24. The molecular weight excluding hydrogens is 290 g/mol. The van der Waals surface area contributed by atoms with Gasteiger partial charge >= 0.3 is 5.97 Å². The number of hydrogen-bond acceptors (Lipinski definition) is 2. The molecule has 1 aromatic carbocycles. The summed E-state index contributed by atoms with van der Waals surface area (Å²) < 4.78 is 0.945. The minimum absolute atomic E-state index is 0.0147. The molecule has 1 heterocycles. The van der Waals surface area contributed by atoms with Gasteiger partial charge in [-0.15, -0.1) is 12.6 Å². The van der Waals surface area contributed by atoms with Gasteiger partial charge in [0.05, 0.1) is 10.4 Å². The number of halogens is 1. The highest BCUT2D eigenvalue weighted by Gasteiger charge is 2.06. The Morgan fingerprint density at radius 1 is 1.50 bits per heavy atom. The molecule has 0 spiro atoms. The zero-order valence-electron chi connectivity index (χ0n) is 8.07. The zero-order valence-corrected chi connectivity index (χ0v) is 10.5. The minimum atomic E-state index is -1.03. The number of H-pyrrole nitrogens is 1. The van der Waals surface area contributed by atoms with Gasteiger partial charge in [-0.05, 0) is 28.1 Å². The molecule has 2 rings (SSSR count). The summed E-state index contributed by atoms with van der Waals surface area (Å²) in [5.74, 6) is -1.03. The first kappa shape index (κ1) is 11.3. The normalized spacial score (nSPS) is 12.0. The van der Waals surface area contributed by atoms with Crippen LogP contribution in [0.5, 0.6) is 0 Å². The van der Waals surface area contributed by atoms with Crippen molar-refractivity contribution in [1.82, 2.24) is 4.98 Å². The van der Waals surface area contributed by atoms with E-state index in [2.05, 4.69) is 33.5 Å². The van der Waals surface area contributed by atoms with Gasteiger partial charge in [0, 0.05) is 21.6 Å². The minimum Gasteiger partial charge on any atom is -0.477 e. The Balaban J connectivity index is 2.59. The summed E-state index contributed by atoms with van der Waals surface area (Å²) in [7, 11) is 0. The molecule has 0 radical (unpaired) electrons. The predicted octanol–water partition coefficient (Wildman–Crippen LogP) is 3.29. The standard InChI is InChI=1S/C11H8BrNO2S/c12-8-3-1-2-7-6(5-13-10(7)8)4-9(16)11(14)15/h1-5,13,16H,(H,14,15)/b9-4-. The molecule has 1 aromatic heterocycles. The summed E-state index contributed by atoms with van der Waals surface area (Å²) in [6.45, 7) is 0. The van der Waals surface area contributed by atoms with Crippen molar-refractivity contribution >= 4 is 51.5 Å². The Bertz CT molecular complexity index is 589. The Hall–Kier alpha value is -1.20. The Morgan fingerprint density at radius 3 is 2.94 bits per heavy atom. The van der Waals surface area contributed by atoms with Crippen LogP contribution in [0.15, 0.2) is 33.8 Å². The number of aliphatic carboxylic acids is 1. The fourth-order valence-electron chi connectivity index (χ4n) is 1.47. The quantitative estimate of drug-likeness (QED) is 0.588. The van der Waals surface area contributed by atoms with Gasteiger partial charge in [-0.1, -0.05) is 12.1 Å².